The van der Waals surface area contributed by atoms with E-state index in [1.807, 2.05) is 62.4 Å². The van der Waals surface area contributed by atoms with Crippen LogP contribution in [0.15, 0.2) is 67.3 Å². The van der Waals surface area contributed by atoms with E-state index in [-0.39, 0.29) is 13.2 Å². The van der Waals surface area contributed by atoms with Crippen molar-refractivity contribution in [3.05, 3.63) is 78.4 Å². The first-order valence-corrected chi connectivity index (χ1v) is 11.3. The topological polar surface area (TPSA) is 99.9 Å². The van der Waals surface area contributed by atoms with Gasteiger partial charge in [-0.05, 0) is 37.1 Å². The predicted octanol–water partition coefficient (Wildman–Crippen LogP) is 3.88. The first-order valence-electron chi connectivity index (χ1n) is 9.88. The fraction of sp³-hybridized carbons (Fsp3) is 0.318. The molecule has 2 atom stereocenters. The molecule has 1 fully saturated rings. The van der Waals surface area contributed by atoms with E-state index in [9.17, 15) is 13.0 Å². The zero-order valence-electron chi connectivity index (χ0n) is 17.3. The Hall–Kier alpha value is -2.72. The number of benzene rings is 2. The molecule has 164 valence electrons. The van der Waals surface area contributed by atoms with Crippen LogP contribution in [-0.4, -0.2) is 34.2 Å². The van der Waals surface area contributed by atoms with Gasteiger partial charge in [0.2, 0.25) is 0 Å². The molecule has 0 amide bonds. The minimum absolute atomic E-state index is 0.0772. The molecule has 1 aliphatic rings. The maximum Gasteiger partial charge on any atom is 0.324 e. The van der Waals surface area contributed by atoms with E-state index in [1.165, 1.54) is 17.1 Å². The summed E-state index contributed by atoms with van der Waals surface area (Å²) in [6.45, 7) is 3.46. The van der Waals surface area contributed by atoms with Gasteiger partial charge in [-0.2, -0.15) is 8.42 Å². The molecule has 1 saturated heterocycles. The quantitative estimate of drug-likeness (QED) is 0.552. The molecule has 0 radical (unpaired) electrons. The first kappa shape index (κ1) is 21.5. The third-order valence-electron chi connectivity index (χ3n) is 5.37. The van der Waals surface area contributed by atoms with Crippen LogP contribution in [0.3, 0.4) is 0 Å². The third-order valence-corrected chi connectivity index (χ3v) is 6.49. The molecule has 4 rings (SSSR count). The summed E-state index contributed by atoms with van der Waals surface area (Å²) in [6.07, 6.45) is 4.90. The Labute approximate surface area is 181 Å². The van der Waals surface area contributed by atoms with Crippen molar-refractivity contribution < 1.29 is 27.2 Å². The maximum atomic E-state index is 12.4. The number of hydrogen-bond donors (Lipinski definition) is 1. The second kappa shape index (κ2) is 8.08. The van der Waals surface area contributed by atoms with Crippen LogP contribution in [0.5, 0.6) is 11.5 Å². The van der Waals surface area contributed by atoms with Crippen molar-refractivity contribution in [1.82, 2.24) is 9.55 Å². The summed E-state index contributed by atoms with van der Waals surface area (Å²) >= 11 is 0. The van der Waals surface area contributed by atoms with Crippen molar-refractivity contribution >= 4 is 10.1 Å². The minimum Gasteiger partial charge on any atom is -0.457 e. The van der Waals surface area contributed by atoms with E-state index in [4.69, 9.17) is 14.2 Å². The highest BCUT2D eigenvalue weighted by atomic mass is 32.2. The number of para-hydroxylation sites is 1. The molecule has 1 N–H and O–H groups in total. The first-order chi connectivity index (χ1) is 14.8. The van der Waals surface area contributed by atoms with Crippen molar-refractivity contribution in [2.24, 2.45) is 0 Å². The minimum atomic E-state index is -4.74. The monoisotopic (exact) mass is 444 g/mol. The Morgan fingerprint density at radius 3 is 2.65 bits per heavy atom. The van der Waals surface area contributed by atoms with Gasteiger partial charge in [-0.15, -0.1) is 0 Å². The second-order valence-electron chi connectivity index (χ2n) is 7.55. The van der Waals surface area contributed by atoms with E-state index >= 15 is 0 Å². The van der Waals surface area contributed by atoms with Crippen molar-refractivity contribution in [3.63, 3.8) is 0 Å². The third kappa shape index (κ3) is 4.09. The largest absolute Gasteiger partial charge is 0.457 e. The van der Waals surface area contributed by atoms with E-state index in [2.05, 4.69) is 4.98 Å². The van der Waals surface area contributed by atoms with Gasteiger partial charge in [-0.25, -0.2) is 4.98 Å². The van der Waals surface area contributed by atoms with Gasteiger partial charge in [0, 0.05) is 18.0 Å². The van der Waals surface area contributed by atoms with E-state index in [0.29, 0.717) is 23.5 Å². The predicted molar refractivity (Wildman–Crippen MR) is 113 cm³/mol. The molecule has 31 heavy (non-hydrogen) atoms. The van der Waals surface area contributed by atoms with Crippen LogP contribution < -0.4 is 4.74 Å². The van der Waals surface area contributed by atoms with E-state index in [0.717, 1.165) is 5.56 Å². The van der Waals surface area contributed by atoms with Gasteiger partial charge in [0.05, 0.1) is 19.5 Å². The number of aryl methyl sites for hydroxylation is 1. The number of hydrogen-bond acceptors (Lipinski definition) is 6. The molecule has 3 aromatic rings. The molecule has 9 heteroatoms. The molecular formula is C22H24N2O6S. The normalized spacial score (nSPS) is 23.7. The molecule has 2 heterocycles. The lowest BCUT2D eigenvalue weighted by atomic mass is 9.90. The zero-order valence-corrected chi connectivity index (χ0v) is 18.1. The molecule has 8 nitrogen and oxygen atoms in total. The van der Waals surface area contributed by atoms with Crippen molar-refractivity contribution in [3.8, 4) is 11.5 Å². The number of rotatable bonds is 7. The molecule has 2 unspecified atom stereocenters. The van der Waals surface area contributed by atoms with Gasteiger partial charge in [0.1, 0.15) is 17.1 Å². The zero-order chi connectivity index (χ0) is 22.1. The Bertz CT molecular complexity index is 1150. The van der Waals surface area contributed by atoms with Crippen LogP contribution in [-0.2, 0) is 31.7 Å². The highest BCUT2D eigenvalue weighted by Crippen LogP contribution is 2.48. The molecule has 2 aromatic carbocycles. The Kier molecular flexibility index (Phi) is 5.61. The fourth-order valence-corrected chi connectivity index (χ4v) is 4.46. The smallest absolute Gasteiger partial charge is 0.324 e. The van der Waals surface area contributed by atoms with Gasteiger partial charge in [0.15, 0.2) is 0 Å². The van der Waals surface area contributed by atoms with E-state index in [1.54, 1.807) is 6.20 Å². The van der Waals surface area contributed by atoms with Crippen LogP contribution in [0.2, 0.25) is 0 Å². The lowest BCUT2D eigenvalue weighted by Crippen LogP contribution is -2.45. The summed E-state index contributed by atoms with van der Waals surface area (Å²) in [7, 11) is -4.74. The van der Waals surface area contributed by atoms with Gasteiger partial charge in [0.25, 0.3) is 0 Å². The molecular weight excluding hydrogens is 420 g/mol. The highest BCUT2D eigenvalue weighted by Gasteiger charge is 2.59. The van der Waals surface area contributed by atoms with Crippen LogP contribution in [0.25, 0.3) is 0 Å². The molecule has 1 aliphatic heterocycles. The lowest BCUT2D eigenvalue weighted by molar-refractivity contribution is -0.141. The Morgan fingerprint density at radius 2 is 2.00 bits per heavy atom. The summed E-state index contributed by atoms with van der Waals surface area (Å²) < 4.78 is 54.3. The highest BCUT2D eigenvalue weighted by molar-refractivity contribution is 7.86. The summed E-state index contributed by atoms with van der Waals surface area (Å²) in [4.78, 5) is 3.92. The van der Waals surface area contributed by atoms with Gasteiger partial charge < -0.3 is 18.8 Å². The Morgan fingerprint density at radius 1 is 1.23 bits per heavy atom. The number of imidazole rings is 1. The molecule has 0 spiro atoms. The maximum absolute atomic E-state index is 12.4. The van der Waals surface area contributed by atoms with Crippen LogP contribution >= 0.6 is 0 Å². The molecule has 0 bridgehead atoms. The standard InChI is InChI=1S/C22H24N2O6S/c1-3-21(15-28-22(30-21,31(25,26)27)14-24-12-11-23-16-24)19-10-9-17(2)13-20(19)29-18-7-5-4-6-8-18/h4-13,16H,3,14-15H2,1-2H3,(H,25,26,27). The van der Waals surface area contributed by atoms with Crippen molar-refractivity contribution in [2.45, 2.75) is 37.5 Å². The lowest BCUT2D eigenvalue weighted by Gasteiger charge is -2.31. The SMILES string of the molecule is CCC1(c2ccc(C)cc2Oc2ccccc2)COC(Cn2ccnc2)(S(=O)(=O)O)O1. The summed E-state index contributed by atoms with van der Waals surface area (Å²) in [5, 5.41) is -2.27. The Balaban J connectivity index is 1.76. The van der Waals surface area contributed by atoms with Crippen LogP contribution in [0, 0.1) is 6.92 Å². The number of aromatic nitrogens is 2. The second-order valence-corrected chi connectivity index (χ2v) is 9.12. The molecule has 1 aromatic heterocycles. The number of ether oxygens (including phenoxy) is 3. The summed E-state index contributed by atoms with van der Waals surface area (Å²) in [6, 6.07) is 14.9. The van der Waals surface area contributed by atoms with Crippen molar-refractivity contribution in [1.29, 1.82) is 0 Å². The van der Waals surface area contributed by atoms with Gasteiger partial charge in [-0.3, -0.25) is 4.55 Å². The molecule has 0 aliphatic carbocycles. The number of nitrogens with zero attached hydrogens (tertiary/aromatic N) is 2. The average molecular weight is 445 g/mol. The summed E-state index contributed by atoms with van der Waals surface area (Å²) in [5.41, 5.74) is 0.466. The van der Waals surface area contributed by atoms with Gasteiger partial charge >= 0.3 is 15.2 Å². The average Bonchev–Trinajstić information content (AvgIpc) is 3.38. The molecule has 0 saturated carbocycles. The van der Waals surface area contributed by atoms with Crippen LogP contribution in [0.1, 0.15) is 24.5 Å². The van der Waals surface area contributed by atoms with Gasteiger partial charge in [-0.1, -0.05) is 37.3 Å². The van der Waals surface area contributed by atoms with E-state index < -0.39 is 20.8 Å². The fourth-order valence-electron chi connectivity index (χ4n) is 3.68. The van der Waals surface area contributed by atoms with Crippen molar-refractivity contribution in [2.75, 3.05) is 6.61 Å². The van der Waals surface area contributed by atoms with Crippen LogP contribution in [0.4, 0.5) is 0 Å². The summed E-state index contributed by atoms with van der Waals surface area (Å²) in [5.74, 6) is 1.17.